The van der Waals surface area contributed by atoms with E-state index < -0.39 is 5.92 Å². The van der Waals surface area contributed by atoms with Crippen molar-refractivity contribution in [1.29, 1.82) is 0 Å². The van der Waals surface area contributed by atoms with Gasteiger partial charge in [0.15, 0.2) is 11.5 Å². The number of allylic oxidation sites excluding steroid dienone is 4. The van der Waals surface area contributed by atoms with Crippen molar-refractivity contribution in [2.45, 2.75) is 149 Å². The fourth-order valence-electron chi connectivity index (χ4n) is 5.75. The molecule has 1 atom stereocenters. The predicted octanol–water partition coefficient (Wildman–Crippen LogP) is 9.54. The first-order valence-electron chi connectivity index (χ1n) is 19.5. The summed E-state index contributed by atoms with van der Waals surface area (Å²) in [6.45, 7) is 4.48. The predicted molar refractivity (Wildman–Crippen MR) is 206 cm³/mol. The number of amides is 1. The molecule has 0 aromatic heterocycles. The topological polar surface area (TPSA) is 124 Å². The van der Waals surface area contributed by atoms with Crippen LogP contribution in [0, 0.1) is 5.92 Å². The lowest BCUT2D eigenvalue weighted by atomic mass is 9.91. The molecule has 8 heteroatoms. The zero-order valence-corrected chi connectivity index (χ0v) is 31.8. The van der Waals surface area contributed by atoms with E-state index in [1.807, 2.05) is 0 Å². The van der Waals surface area contributed by atoms with Crippen molar-refractivity contribution < 1.29 is 34.4 Å². The van der Waals surface area contributed by atoms with Crippen LogP contribution in [0.5, 0.6) is 11.5 Å². The first-order chi connectivity index (χ1) is 24.4. The minimum Gasteiger partial charge on any atom is -0.504 e. The summed E-state index contributed by atoms with van der Waals surface area (Å²) in [5, 5.41) is 27.8. The number of ether oxygens (including phenoxy) is 1. The van der Waals surface area contributed by atoms with Crippen LogP contribution in [-0.4, -0.2) is 71.6 Å². The van der Waals surface area contributed by atoms with Gasteiger partial charge >= 0.3 is 0 Å². The molecule has 1 unspecified atom stereocenters. The largest absolute Gasteiger partial charge is 0.504 e. The summed E-state index contributed by atoms with van der Waals surface area (Å²) < 4.78 is 4.78. The van der Waals surface area contributed by atoms with E-state index in [2.05, 4.69) is 38.2 Å². The van der Waals surface area contributed by atoms with Crippen LogP contribution in [0.1, 0.15) is 159 Å². The van der Waals surface area contributed by atoms with Gasteiger partial charge in [-0.25, -0.2) is 0 Å². The Bertz CT molecular complexity index is 1030. The maximum absolute atomic E-state index is 13.2. The van der Waals surface area contributed by atoms with Gasteiger partial charge < -0.3 is 25.0 Å². The second-order valence-electron chi connectivity index (χ2n) is 13.1. The van der Waals surface area contributed by atoms with Crippen LogP contribution in [0.4, 0.5) is 0 Å². The van der Waals surface area contributed by atoms with Gasteiger partial charge in [0.2, 0.25) is 5.91 Å². The van der Waals surface area contributed by atoms with Crippen molar-refractivity contribution in [1.82, 2.24) is 4.90 Å². The highest BCUT2D eigenvalue weighted by atomic mass is 16.5. The van der Waals surface area contributed by atoms with E-state index in [-0.39, 0.29) is 43.7 Å². The molecule has 0 aliphatic carbocycles. The molecule has 3 N–H and O–H groups in total. The molecule has 50 heavy (non-hydrogen) atoms. The van der Waals surface area contributed by atoms with Crippen LogP contribution in [0.15, 0.2) is 42.5 Å². The van der Waals surface area contributed by atoms with E-state index in [1.165, 1.54) is 94.4 Å². The Hall–Kier alpha value is -2.97. The number of benzene rings is 1. The standard InChI is InChI=1S/C34H63NO4.C8H8O3/c1-3-5-7-9-11-13-14-15-16-17-19-20-22-24-26-32(34(39)35(28-30-36)29-31-37)33(38)27-25-23-21-18-12-10-8-6-4-2;1-11-8-4-6(5-9)2-3-7(8)10/h11,13,15-16,32,36-37H,3-10,12,14,17-31H2,1-2H3;2-5,10H,1H3/b13-11-,16-15-;. The fourth-order valence-corrected chi connectivity index (χ4v) is 5.75. The number of carbonyl (C=O) groups is 3. The first-order valence-corrected chi connectivity index (χ1v) is 19.5. The molecule has 0 aliphatic rings. The van der Waals surface area contributed by atoms with Gasteiger partial charge in [-0.1, -0.05) is 122 Å². The van der Waals surface area contributed by atoms with Crippen LogP contribution in [0.25, 0.3) is 0 Å². The molecule has 0 radical (unpaired) electrons. The highest BCUT2D eigenvalue weighted by molar-refractivity contribution is 6.01. The van der Waals surface area contributed by atoms with Crippen LogP contribution in [0.3, 0.4) is 0 Å². The molecule has 1 aromatic carbocycles. The number of nitrogens with zero attached hydrogens (tertiary/aromatic N) is 1. The Balaban J connectivity index is 0.00000183. The monoisotopic (exact) mass is 702 g/mol. The molecule has 0 spiro atoms. The maximum Gasteiger partial charge on any atom is 0.233 e. The van der Waals surface area contributed by atoms with Crippen molar-refractivity contribution in [3.63, 3.8) is 0 Å². The molecular formula is C42H71NO7. The van der Waals surface area contributed by atoms with Gasteiger partial charge in [-0.3, -0.25) is 14.4 Å². The minimum absolute atomic E-state index is 0.0366. The number of carbonyl (C=O) groups excluding carboxylic acids is 3. The summed E-state index contributed by atoms with van der Waals surface area (Å²) in [4.78, 5) is 37.9. The molecule has 0 saturated carbocycles. The second kappa shape index (κ2) is 34.5. The summed E-state index contributed by atoms with van der Waals surface area (Å²) >= 11 is 0. The number of phenols is 1. The van der Waals surface area contributed by atoms with Gasteiger partial charge in [0.05, 0.1) is 26.2 Å². The van der Waals surface area contributed by atoms with Gasteiger partial charge in [0.1, 0.15) is 12.1 Å². The fraction of sp³-hybridized carbons (Fsp3) is 0.690. The Morgan fingerprint density at radius 1 is 0.740 bits per heavy atom. The van der Waals surface area contributed by atoms with E-state index in [9.17, 15) is 24.6 Å². The lowest BCUT2D eigenvalue weighted by molar-refractivity contribution is -0.142. The van der Waals surface area contributed by atoms with Crippen molar-refractivity contribution in [2.24, 2.45) is 5.92 Å². The van der Waals surface area contributed by atoms with Gasteiger partial charge in [-0.05, 0) is 63.1 Å². The number of rotatable bonds is 31. The summed E-state index contributed by atoms with van der Waals surface area (Å²) in [7, 11) is 1.43. The first kappa shape index (κ1) is 47.0. The number of aldehydes is 1. The van der Waals surface area contributed by atoms with Crippen LogP contribution in [0.2, 0.25) is 0 Å². The SMILES string of the molecule is CCCCC/C=C\C/C=C\CCCCCCC(C(=O)CCCCCCCCCCC)C(=O)N(CCO)CCO.COc1cc(C=O)ccc1O. The summed E-state index contributed by atoms with van der Waals surface area (Å²) in [6, 6.07) is 4.41. The molecule has 0 aliphatic heterocycles. The average molecular weight is 702 g/mol. The van der Waals surface area contributed by atoms with Crippen LogP contribution >= 0.6 is 0 Å². The second-order valence-corrected chi connectivity index (χ2v) is 13.1. The molecule has 1 rings (SSSR count). The number of ketones is 1. The number of unbranched alkanes of at least 4 members (excludes halogenated alkanes) is 15. The Labute approximate surface area is 304 Å². The number of aliphatic hydroxyl groups excluding tert-OH is 2. The number of hydrogen-bond donors (Lipinski definition) is 3. The average Bonchev–Trinajstić information content (AvgIpc) is 3.12. The number of aromatic hydroxyl groups is 1. The van der Waals surface area contributed by atoms with Gasteiger partial charge in [-0.15, -0.1) is 0 Å². The number of aliphatic hydroxyl groups is 2. The number of phenolic OH excluding ortho intramolecular Hbond substituents is 1. The molecule has 0 saturated heterocycles. The Kier molecular flexibility index (Phi) is 32.4. The van der Waals surface area contributed by atoms with E-state index in [1.54, 1.807) is 0 Å². The van der Waals surface area contributed by atoms with Crippen molar-refractivity contribution in [2.75, 3.05) is 33.4 Å². The smallest absolute Gasteiger partial charge is 0.233 e. The van der Waals surface area contributed by atoms with Gasteiger partial charge in [0.25, 0.3) is 0 Å². The Morgan fingerprint density at radius 2 is 1.26 bits per heavy atom. The van der Waals surface area contributed by atoms with Crippen LogP contribution < -0.4 is 4.74 Å². The molecule has 0 bridgehead atoms. The highest BCUT2D eigenvalue weighted by Gasteiger charge is 2.29. The number of Topliss-reactive ketones (excluding diaryl/α,β-unsaturated/α-hetero) is 1. The van der Waals surface area contributed by atoms with E-state index in [4.69, 9.17) is 9.84 Å². The van der Waals surface area contributed by atoms with Gasteiger partial charge in [-0.2, -0.15) is 0 Å². The maximum atomic E-state index is 13.2. The summed E-state index contributed by atoms with van der Waals surface area (Å²) in [5.41, 5.74) is 0.486. The van der Waals surface area contributed by atoms with Crippen molar-refractivity contribution >= 4 is 18.0 Å². The molecule has 1 aromatic rings. The third-order valence-corrected chi connectivity index (χ3v) is 8.80. The molecule has 0 fully saturated rings. The van der Waals surface area contributed by atoms with Gasteiger partial charge in [0, 0.05) is 25.1 Å². The molecule has 1 amide bonds. The molecular weight excluding hydrogens is 630 g/mol. The lowest BCUT2D eigenvalue weighted by Crippen LogP contribution is -2.42. The van der Waals surface area contributed by atoms with E-state index in [0.29, 0.717) is 30.4 Å². The lowest BCUT2D eigenvalue weighted by Gasteiger charge is -2.26. The minimum atomic E-state index is -0.638. The number of methoxy groups -OCH3 is 1. The number of hydrogen-bond acceptors (Lipinski definition) is 7. The zero-order valence-electron chi connectivity index (χ0n) is 31.8. The Morgan fingerprint density at radius 3 is 1.82 bits per heavy atom. The third-order valence-electron chi connectivity index (χ3n) is 8.80. The van der Waals surface area contributed by atoms with Crippen LogP contribution in [-0.2, 0) is 9.59 Å². The third kappa shape index (κ3) is 25.1. The normalized spacial score (nSPS) is 11.8. The van der Waals surface area contributed by atoms with Crippen molar-refractivity contribution in [3.8, 4) is 11.5 Å². The van der Waals surface area contributed by atoms with Crippen molar-refractivity contribution in [3.05, 3.63) is 48.1 Å². The summed E-state index contributed by atoms with van der Waals surface area (Å²) in [5.74, 6) is -0.465. The zero-order chi connectivity index (χ0) is 37.1. The van der Waals surface area contributed by atoms with E-state index in [0.717, 1.165) is 57.8 Å². The molecule has 8 nitrogen and oxygen atoms in total. The van der Waals surface area contributed by atoms with E-state index >= 15 is 0 Å². The summed E-state index contributed by atoms with van der Waals surface area (Å²) in [6.07, 6.45) is 32.8. The molecule has 0 heterocycles. The highest BCUT2D eigenvalue weighted by Crippen LogP contribution is 2.25. The quantitative estimate of drug-likeness (QED) is 0.0305. The molecule has 286 valence electrons.